The zero-order chi connectivity index (χ0) is 28.2. The van der Waals surface area contributed by atoms with Crippen molar-refractivity contribution in [2.24, 2.45) is 5.92 Å². The van der Waals surface area contributed by atoms with Gasteiger partial charge in [-0.2, -0.15) is 13.2 Å². The van der Waals surface area contributed by atoms with Crippen molar-refractivity contribution < 1.29 is 36.7 Å². The van der Waals surface area contributed by atoms with Crippen LogP contribution in [0.3, 0.4) is 0 Å². The Morgan fingerprint density at radius 3 is 2.60 bits per heavy atom. The van der Waals surface area contributed by atoms with Gasteiger partial charge in [-0.15, -0.1) is 0 Å². The molecule has 1 aliphatic heterocycles. The van der Waals surface area contributed by atoms with E-state index in [0.29, 0.717) is 35.5 Å². The number of hydrogen-bond acceptors (Lipinski definition) is 6. The van der Waals surface area contributed by atoms with E-state index in [2.05, 4.69) is 10.1 Å². The van der Waals surface area contributed by atoms with Gasteiger partial charge in [0.25, 0.3) is 0 Å². The minimum Gasteiger partial charge on any atom is -0.496 e. The van der Waals surface area contributed by atoms with E-state index < -0.39 is 23.5 Å². The predicted molar refractivity (Wildman–Crippen MR) is 139 cm³/mol. The monoisotopic (exact) mass is 553 g/mol. The number of halogens is 4. The summed E-state index contributed by atoms with van der Waals surface area (Å²) in [5, 5.41) is 13.7. The van der Waals surface area contributed by atoms with Crippen molar-refractivity contribution in [3.05, 3.63) is 76.9 Å². The van der Waals surface area contributed by atoms with Gasteiger partial charge in [-0.1, -0.05) is 35.5 Å². The van der Waals surface area contributed by atoms with Crippen molar-refractivity contribution in [1.82, 2.24) is 10.1 Å². The fourth-order valence-corrected chi connectivity index (χ4v) is 5.02. The van der Waals surface area contributed by atoms with E-state index in [1.165, 1.54) is 31.4 Å². The molecule has 0 unspecified atom stereocenters. The molecule has 3 heterocycles. The number of methoxy groups -OCH3 is 1. The topological polar surface area (TPSA) is 88.7 Å². The lowest BCUT2D eigenvalue weighted by molar-refractivity contribution is -0.137. The molecular formula is C29H23F4N3O4. The van der Waals surface area contributed by atoms with Gasteiger partial charge in [-0.3, -0.25) is 0 Å². The fourth-order valence-electron chi connectivity index (χ4n) is 5.02. The third kappa shape index (κ3) is 4.65. The van der Waals surface area contributed by atoms with Gasteiger partial charge in [0, 0.05) is 53.2 Å². The number of fused-ring (bicyclic) bond motifs is 1. The van der Waals surface area contributed by atoms with Crippen LogP contribution in [0.4, 0.5) is 23.2 Å². The first-order valence-electron chi connectivity index (χ1n) is 12.6. The maximum Gasteiger partial charge on any atom is 0.417 e. The zero-order valence-corrected chi connectivity index (χ0v) is 21.2. The smallest absolute Gasteiger partial charge is 0.417 e. The molecule has 1 saturated heterocycles. The molecule has 40 heavy (non-hydrogen) atoms. The highest BCUT2D eigenvalue weighted by Crippen LogP contribution is 2.46. The second-order valence-corrected chi connectivity index (χ2v) is 9.99. The summed E-state index contributed by atoms with van der Waals surface area (Å²) in [5.74, 6) is -0.963. The highest BCUT2D eigenvalue weighted by molar-refractivity contribution is 5.95. The molecule has 0 spiro atoms. The molecule has 2 fully saturated rings. The molecular weight excluding hydrogens is 530 g/mol. The molecule has 206 valence electrons. The van der Waals surface area contributed by atoms with Crippen LogP contribution in [0, 0.1) is 11.7 Å². The Morgan fingerprint density at radius 2 is 1.93 bits per heavy atom. The number of pyridine rings is 1. The van der Waals surface area contributed by atoms with Crippen molar-refractivity contribution in [2.45, 2.75) is 24.9 Å². The number of carbonyl (C=O) groups is 1. The Morgan fingerprint density at radius 1 is 1.18 bits per heavy atom. The summed E-state index contributed by atoms with van der Waals surface area (Å²) in [6, 6.07) is 9.58. The number of aromatic carboxylic acids is 1. The van der Waals surface area contributed by atoms with E-state index >= 15 is 0 Å². The molecule has 1 N–H and O–H groups in total. The summed E-state index contributed by atoms with van der Waals surface area (Å²) in [5.41, 5.74) is 0.0976. The first-order valence-corrected chi connectivity index (χ1v) is 12.6. The molecule has 1 saturated carbocycles. The SMILES string of the molecule is COc1cc(C(=O)O)nc2c(F)cc(N3CC(/C=C/c4c(-c5ccccc5C(F)(F)F)noc4C4CC4)C3)cc12. The van der Waals surface area contributed by atoms with Crippen LogP contribution in [0.2, 0.25) is 0 Å². The summed E-state index contributed by atoms with van der Waals surface area (Å²) >= 11 is 0. The van der Waals surface area contributed by atoms with Crippen molar-refractivity contribution in [2.75, 3.05) is 25.1 Å². The summed E-state index contributed by atoms with van der Waals surface area (Å²) in [6.45, 7) is 1.09. The van der Waals surface area contributed by atoms with Crippen LogP contribution in [0.1, 0.15) is 46.1 Å². The molecule has 4 aromatic rings. The second kappa shape index (κ2) is 9.65. The molecule has 0 amide bonds. The maximum absolute atomic E-state index is 15.0. The van der Waals surface area contributed by atoms with Gasteiger partial charge in [0.1, 0.15) is 22.7 Å². The molecule has 0 atom stereocenters. The van der Waals surface area contributed by atoms with Crippen molar-refractivity contribution in [3.8, 4) is 17.0 Å². The summed E-state index contributed by atoms with van der Waals surface area (Å²) in [4.78, 5) is 17.2. The molecule has 1 aliphatic carbocycles. The number of carboxylic acids is 1. The summed E-state index contributed by atoms with van der Waals surface area (Å²) < 4.78 is 66.9. The van der Waals surface area contributed by atoms with Crippen LogP contribution in [0.5, 0.6) is 5.75 Å². The molecule has 0 radical (unpaired) electrons. The molecule has 2 aromatic heterocycles. The highest BCUT2D eigenvalue weighted by Gasteiger charge is 2.37. The molecule has 7 nitrogen and oxygen atoms in total. The Bertz CT molecular complexity index is 1650. The van der Waals surface area contributed by atoms with Crippen molar-refractivity contribution in [1.29, 1.82) is 0 Å². The average Bonchev–Trinajstić information content (AvgIpc) is 3.66. The summed E-state index contributed by atoms with van der Waals surface area (Å²) in [7, 11) is 1.37. The number of ether oxygens (including phenoxy) is 1. The zero-order valence-electron chi connectivity index (χ0n) is 21.2. The van der Waals surface area contributed by atoms with Gasteiger partial charge >= 0.3 is 12.1 Å². The van der Waals surface area contributed by atoms with Gasteiger partial charge in [0.05, 0.1) is 12.7 Å². The third-order valence-electron chi connectivity index (χ3n) is 7.25. The summed E-state index contributed by atoms with van der Waals surface area (Å²) in [6.07, 6.45) is 0.970. The first-order chi connectivity index (χ1) is 19.1. The standard InChI is InChI=1S/C29H23F4N3O4/c1-39-24-12-23(28(37)38)34-26-20(24)10-17(11-22(26)30)36-13-15(14-36)6-9-19-25(35-40-27(19)16-7-8-16)18-4-2-3-5-21(18)29(31,32)33/h2-6,9-12,15-16H,7-8,13-14H2,1H3,(H,37,38)/b9-6+. The van der Waals surface area contributed by atoms with E-state index in [0.717, 1.165) is 18.9 Å². The quantitative estimate of drug-likeness (QED) is 0.252. The molecule has 2 aromatic carbocycles. The second-order valence-electron chi connectivity index (χ2n) is 9.99. The van der Waals surface area contributed by atoms with Gasteiger partial charge in [0.2, 0.25) is 0 Å². The molecule has 2 aliphatic rings. The number of aromatic nitrogens is 2. The van der Waals surface area contributed by atoms with Crippen LogP contribution in [0.25, 0.3) is 28.2 Å². The number of carboxylic acid groups (broad SMARTS) is 1. The molecule has 6 rings (SSSR count). The third-order valence-corrected chi connectivity index (χ3v) is 7.25. The predicted octanol–water partition coefficient (Wildman–Crippen LogP) is 6.78. The van der Waals surface area contributed by atoms with Crippen LogP contribution in [-0.4, -0.2) is 41.4 Å². The maximum atomic E-state index is 15.0. The minimum absolute atomic E-state index is 0.0270. The normalized spacial score (nSPS) is 16.1. The van der Waals surface area contributed by atoms with E-state index in [9.17, 15) is 27.5 Å². The van der Waals surface area contributed by atoms with Gasteiger partial charge < -0.3 is 19.3 Å². The number of alkyl halides is 3. The van der Waals surface area contributed by atoms with E-state index in [-0.39, 0.29) is 40.1 Å². The number of hydrogen-bond donors (Lipinski definition) is 1. The van der Waals surface area contributed by atoms with E-state index in [1.807, 2.05) is 11.0 Å². The lowest BCUT2D eigenvalue weighted by Crippen LogP contribution is -2.45. The van der Waals surface area contributed by atoms with Crippen LogP contribution in [-0.2, 0) is 6.18 Å². The van der Waals surface area contributed by atoms with Crippen LogP contribution >= 0.6 is 0 Å². The van der Waals surface area contributed by atoms with Crippen molar-refractivity contribution >= 4 is 28.6 Å². The van der Waals surface area contributed by atoms with Gasteiger partial charge in [-0.25, -0.2) is 14.2 Å². The van der Waals surface area contributed by atoms with Gasteiger partial charge in [0.15, 0.2) is 11.5 Å². The average molecular weight is 554 g/mol. The van der Waals surface area contributed by atoms with E-state index in [4.69, 9.17) is 9.26 Å². The van der Waals surface area contributed by atoms with Crippen LogP contribution in [0.15, 0.2) is 53.1 Å². The first kappa shape index (κ1) is 25.8. The lowest BCUT2D eigenvalue weighted by Gasteiger charge is -2.40. The highest BCUT2D eigenvalue weighted by atomic mass is 19.4. The van der Waals surface area contributed by atoms with Crippen molar-refractivity contribution in [3.63, 3.8) is 0 Å². The Hall–Kier alpha value is -4.41. The largest absolute Gasteiger partial charge is 0.496 e. The Labute approximate surface area is 225 Å². The molecule has 11 heteroatoms. The van der Waals surface area contributed by atoms with E-state index in [1.54, 1.807) is 18.2 Å². The Kier molecular flexibility index (Phi) is 6.24. The fraction of sp³-hybridized carbons (Fsp3) is 0.276. The molecule has 0 bridgehead atoms. The Balaban J connectivity index is 1.26. The minimum atomic E-state index is -4.53. The van der Waals surface area contributed by atoms with Gasteiger partial charge in [-0.05, 0) is 31.0 Å². The number of rotatable bonds is 7. The number of nitrogens with zero attached hydrogens (tertiary/aromatic N) is 3. The lowest BCUT2D eigenvalue weighted by atomic mass is 9.94. The number of anilines is 1. The number of benzene rings is 2. The van der Waals surface area contributed by atoms with Crippen LogP contribution < -0.4 is 9.64 Å².